The molecule has 2 atom stereocenters. The second-order valence-electron chi connectivity index (χ2n) is 7.68. The van der Waals surface area contributed by atoms with Crippen LogP contribution in [-0.2, 0) is 20.2 Å². The summed E-state index contributed by atoms with van der Waals surface area (Å²) < 4.78 is 31.2. The van der Waals surface area contributed by atoms with Crippen LogP contribution in [0.3, 0.4) is 0 Å². The summed E-state index contributed by atoms with van der Waals surface area (Å²) in [6.07, 6.45) is 3.51. The summed E-state index contributed by atoms with van der Waals surface area (Å²) in [6, 6.07) is 7.88. The van der Waals surface area contributed by atoms with Crippen LogP contribution in [0.1, 0.15) is 32.3 Å². The van der Waals surface area contributed by atoms with Crippen LogP contribution < -0.4 is 4.72 Å². The Morgan fingerprint density at radius 2 is 2.00 bits per heavy atom. The molecule has 1 N–H and O–H groups in total. The van der Waals surface area contributed by atoms with Gasteiger partial charge in [-0.2, -0.15) is 0 Å². The van der Waals surface area contributed by atoms with Gasteiger partial charge in [-0.15, -0.1) is 0 Å². The zero-order valence-corrected chi connectivity index (χ0v) is 16.3. The van der Waals surface area contributed by atoms with Gasteiger partial charge in [0.15, 0.2) is 0 Å². The smallest absolute Gasteiger partial charge is 0.229 e. The number of sulfonamides is 1. The van der Waals surface area contributed by atoms with E-state index in [1.165, 1.54) is 18.2 Å². The van der Waals surface area contributed by atoms with Crippen LogP contribution in [0.4, 0.5) is 5.69 Å². The molecule has 5 nitrogen and oxygen atoms in total. The molecule has 2 unspecified atom stereocenters. The molecule has 0 spiro atoms. The fraction of sp³-hybridized carbons (Fsp3) is 0.684. The lowest BCUT2D eigenvalue weighted by Crippen LogP contribution is -2.31. The first-order valence-corrected chi connectivity index (χ1v) is 11.1. The number of unbranched alkanes of at least 4 members (excludes halogenated alkanes) is 1. The van der Waals surface area contributed by atoms with E-state index in [1.54, 1.807) is 0 Å². The van der Waals surface area contributed by atoms with Gasteiger partial charge in [0.2, 0.25) is 10.0 Å². The summed E-state index contributed by atoms with van der Waals surface area (Å²) >= 11 is 0. The Kier molecular flexibility index (Phi) is 5.42. The lowest BCUT2D eigenvalue weighted by molar-refractivity contribution is 0.103. The number of hydrogen-bond acceptors (Lipinski definition) is 4. The Bertz CT molecular complexity index is 692. The van der Waals surface area contributed by atoms with Crippen molar-refractivity contribution < 1.29 is 13.2 Å². The van der Waals surface area contributed by atoms with Gasteiger partial charge < -0.3 is 9.64 Å². The number of nitrogens with zero attached hydrogens (tertiary/aromatic N) is 1. The maximum absolute atomic E-state index is 11.5. The fourth-order valence-electron chi connectivity index (χ4n) is 4.25. The average Bonchev–Trinajstić information content (AvgIpc) is 2.91. The molecule has 6 heteroatoms. The Balaban J connectivity index is 1.54. The van der Waals surface area contributed by atoms with Crippen LogP contribution in [0.15, 0.2) is 24.3 Å². The quantitative estimate of drug-likeness (QED) is 0.683. The van der Waals surface area contributed by atoms with Crippen molar-refractivity contribution in [1.82, 2.24) is 4.90 Å². The third kappa shape index (κ3) is 4.18. The largest absolute Gasteiger partial charge is 0.380 e. The highest BCUT2D eigenvalue weighted by Gasteiger charge is 2.65. The minimum absolute atomic E-state index is 0.175. The molecule has 2 aliphatic rings. The standard InChI is InChI=1S/C19H30N2O3S/c1-4-5-10-24-11-9-21-13-17-18(14-21)19(17,2)15-7-6-8-16(12-15)20-25(3,22)23/h6-8,12,17-18,20H,4-5,9-11,13-14H2,1-3H3. The number of anilines is 1. The first-order chi connectivity index (χ1) is 11.8. The molecule has 25 heavy (non-hydrogen) atoms. The topological polar surface area (TPSA) is 58.6 Å². The molecule has 1 saturated carbocycles. The van der Waals surface area contributed by atoms with E-state index in [1.807, 2.05) is 18.2 Å². The maximum Gasteiger partial charge on any atom is 0.229 e. The predicted octanol–water partition coefficient (Wildman–Crippen LogP) is 2.69. The van der Waals surface area contributed by atoms with Crippen LogP contribution >= 0.6 is 0 Å². The highest BCUT2D eigenvalue weighted by atomic mass is 32.2. The van der Waals surface area contributed by atoms with Gasteiger partial charge in [0, 0.05) is 37.3 Å². The molecule has 1 aromatic carbocycles. The second kappa shape index (κ2) is 7.25. The third-order valence-electron chi connectivity index (χ3n) is 5.81. The van der Waals surface area contributed by atoms with E-state index in [0.717, 1.165) is 39.3 Å². The summed E-state index contributed by atoms with van der Waals surface area (Å²) in [6.45, 7) is 9.43. The Morgan fingerprint density at radius 3 is 2.64 bits per heavy atom. The minimum Gasteiger partial charge on any atom is -0.380 e. The molecule has 140 valence electrons. The number of piperidine rings is 1. The highest BCUT2D eigenvalue weighted by molar-refractivity contribution is 7.92. The van der Waals surface area contributed by atoms with Crippen LogP contribution in [0.2, 0.25) is 0 Å². The van der Waals surface area contributed by atoms with Gasteiger partial charge in [0.1, 0.15) is 0 Å². The first kappa shape index (κ1) is 18.7. The summed E-state index contributed by atoms with van der Waals surface area (Å²) in [4.78, 5) is 2.50. The number of ether oxygens (including phenoxy) is 1. The van der Waals surface area contributed by atoms with Gasteiger partial charge in [-0.1, -0.05) is 32.4 Å². The summed E-state index contributed by atoms with van der Waals surface area (Å²) in [5, 5.41) is 0. The van der Waals surface area contributed by atoms with Crippen molar-refractivity contribution >= 4 is 15.7 Å². The van der Waals surface area contributed by atoms with Crippen molar-refractivity contribution in [3.63, 3.8) is 0 Å². The molecule has 0 amide bonds. The number of rotatable bonds is 9. The van der Waals surface area contributed by atoms with Gasteiger partial charge in [0.25, 0.3) is 0 Å². The second-order valence-corrected chi connectivity index (χ2v) is 9.42. The summed E-state index contributed by atoms with van der Waals surface area (Å²) in [7, 11) is -3.24. The Labute approximate surface area is 151 Å². The van der Waals surface area contributed by atoms with Crippen molar-refractivity contribution in [2.45, 2.75) is 32.1 Å². The molecule has 3 rings (SSSR count). The van der Waals surface area contributed by atoms with Crippen molar-refractivity contribution in [2.24, 2.45) is 11.8 Å². The van der Waals surface area contributed by atoms with E-state index in [2.05, 4.69) is 29.5 Å². The molecule has 0 bridgehead atoms. The molecule has 1 aliphatic heterocycles. The number of benzene rings is 1. The molecular formula is C19H30N2O3S. The lowest BCUT2D eigenvalue weighted by atomic mass is 9.92. The van der Waals surface area contributed by atoms with Crippen molar-refractivity contribution in [2.75, 3.05) is 43.8 Å². The van der Waals surface area contributed by atoms with Crippen molar-refractivity contribution in [3.8, 4) is 0 Å². The molecule has 1 aliphatic carbocycles. The highest BCUT2D eigenvalue weighted by Crippen LogP contribution is 2.63. The van der Waals surface area contributed by atoms with E-state index in [9.17, 15) is 8.42 Å². The fourth-order valence-corrected chi connectivity index (χ4v) is 4.80. The van der Waals surface area contributed by atoms with Gasteiger partial charge in [-0.3, -0.25) is 4.72 Å². The molecule has 0 aromatic heterocycles. The van der Waals surface area contributed by atoms with Crippen LogP contribution in [-0.4, -0.2) is 52.4 Å². The Hall–Kier alpha value is -1.11. The molecule has 1 heterocycles. The third-order valence-corrected chi connectivity index (χ3v) is 6.42. The van der Waals surface area contributed by atoms with Crippen molar-refractivity contribution in [3.05, 3.63) is 29.8 Å². The van der Waals surface area contributed by atoms with Gasteiger partial charge >= 0.3 is 0 Å². The van der Waals surface area contributed by atoms with Crippen molar-refractivity contribution in [1.29, 1.82) is 0 Å². The number of likely N-dealkylation sites (tertiary alicyclic amines) is 1. The molecule has 1 saturated heterocycles. The predicted molar refractivity (Wildman–Crippen MR) is 101 cm³/mol. The molecule has 0 radical (unpaired) electrons. The van der Waals surface area contributed by atoms with E-state index in [4.69, 9.17) is 4.74 Å². The van der Waals surface area contributed by atoms with Crippen LogP contribution in [0.25, 0.3) is 0 Å². The van der Waals surface area contributed by atoms with Crippen LogP contribution in [0.5, 0.6) is 0 Å². The van der Waals surface area contributed by atoms with E-state index in [0.29, 0.717) is 17.5 Å². The minimum atomic E-state index is -3.24. The maximum atomic E-state index is 11.5. The van der Waals surface area contributed by atoms with E-state index >= 15 is 0 Å². The zero-order chi connectivity index (χ0) is 18.1. The monoisotopic (exact) mass is 366 g/mol. The number of fused-ring (bicyclic) bond motifs is 1. The zero-order valence-electron chi connectivity index (χ0n) is 15.5. The van der Waals surface area contributed by atoms with Gasteiger partial charge in [0.05, 0.1) is 12.9 Å². The SMILES string of the molecule is CCCCOCCN1CC2C(C1)C2(C)c1cccc(NS(C)(=O)=O)c1. The molecule has 2 fully saturated rings. The Morgan fingerprint density at radius 1 is 1.28 bits per heavy atom. The summed E-state index contributed by atoms with van der Waals surface area (Å²) in [5.41, 5.74) is 2.08. The lowest BCUT2D eigenvalue weighted by Gasteiger charge is -2.24. The normalized spacial score (nSPS) is 28.8. The van der Waals surface area contributed by atoms with Gasteiger partial charge in [-0.25, -0.2) is 8.42 Å². The van der Waals surface area contributed by atoms with Gasteiger partial charge in [-0.05, 0) is 36.0 Å². The molecular weight excluding hydrogens is 336 g/mol. The average molecular weight is 367 g/mol. The van der Waals surface area contributed by atoms with E-state index in [-0.39, 0.29) is 5.41 Å². The number of nitrogens with one attached hydrogen (secondary N) is 1. The van der Waals surface area contributed by atoms with Crippen LogP contribution in [0, 0.1) is 11.8 Å². The van der Waals surface area contributed by atoms with E-state index < -0.39 is 10.0 Å². The number of hydrogen-bond donors (Lipinski definition) is 1. The summed E-state index contributed by atoms with van der Waals surface area (Å²) in [5.74, 6) is 1.33. The molecule has 1 aromatic rings. The first-order valence-electron chi connectivity index (χ1n) is 9.23.